The van der Waals surface area contributed by atoms with Crippen molar-refractivity contribution in [3.05, 3.63) is 66.7 Å². The number of hydrogen-bond acceptors (Lipinski definition) is 9. The van der Waals surface area contributed by atoms with Crippen LogP contribution in [0.1, 0.15) is 5.82 Å². The Morgan fingerprint density at radius 1 is 1.05 bits per heavy atom. The molecule has 37 heavy (non-hydrogen) atoms. The average Bonchev–Trinajstić information content (AvgIpc) is 3.33. The van der Waals surface area contributed by atoms with Crippen LogP contribution >= 0.6 is 0 Å². The second-order valence-electron chi connectivity index (χ2n) is 9.09. The maximum Gasteiger partial charge on any atom is 0.227 e. The van der Waals surface area contributed by atoms with Gasteiger partial charge < -0.3 is 34.9 Å². The first-order valence-electron chi connectivity index (χ1n) is 12.2. The summed E-state index contributed by atoms with van der Waals surface area (Å²) in [6.45, 7) is 3.63. The highest BCUT2D eigenvalue weighted by Crippen LogP contribution is 2.37. The molecule has 0 saturated carbocycles. The van der Waals surface area contributed by atoms with E-state index in [0.717, 1.165) is 36.0 Å². The highest BCUT2D eigenvalue weighted by atomic mass is 16.5. The number of imidazole rings is 1. The number of nitrogens with zero attached hydrogens (tertiary/aromatic N) is 6. The second kappa shape index (κ2) is 10.9. The minimum absolute atomic E-state index is 0.428. The Labute approximate surface area is 216 Å². The Bertz CT molecular complexity index is 1350. The largest absolute Gasteiger partial charge is 0.494 e. The number of para-hydroxylation sites is 1. The third-order valence-electron chi connectivity index (χ3n) is 6.14. The van der Waals surface area contributed by atoms with E-state index in [4.69, 9.17) is 25.2 Å². The van der Waals surface area contributed by atoms with Gasteiger partial charge in [0.05, 0.1) is 49.6 Å². The van der Waals surface area contributed by atoms with Crippen LogP contribution in [-0.2, 0) is 11.3 Å². The molecule has 2 aromatic carbocycles. The molecule has 0 spiro atoms. The summed E-state index contributed by atoms with van der Waals surface area (Å²) < 4.78 is 13.2. The molecule has 4 aromatic rings. The molecule has 0 aliphatic carbocycles. The van der Waals surface area contributed by atoms with Crippen molar-refractivity contribution < 1.29 is 9.47 Å². The van der Waals surface area contributed by atoms with E-state index in [1.54, 1.807) is 13.3 Å². The van der Waals surface area contributed by atoms with Crippen molar-refractivity contribution in [1.29, 1.82) is 0 Å². The van der Waals surface area contributed by atoms with E-state index in [9.17, 15) is 0 Å². The van der Waals surface area contributed by atoms with Crippen LogP contribution in [0.2, 0.25) is 0 Å². The van der Waals surface area contributed by atoms with Gasteiger partial charge in [0.25, 0.3) is 0 Å². The Morgan fingerprint density at radius 2 is 1.84 bits per heavy atom. The quantitative estimate of drug-likeness (QED) is 0.351. The zero-order valence-electron chi connectivity index (χ0n) is 21.4. The van der Waals surface area contributed by atoms with Gasteiger partial charge in [0, 0.05) is 37.2 Å². The van der Waals surface area contributed by atoms with Gasteiger partial charge in [-0.15, -0.1) is 0 Å². The van der Waals surface area contributed by atoms with Crippen LogP contribution in [0.4, 0.5) is 23.0 Å². The topological polar surface area (TPSA) is 107 Å². The average molecular weight is 501 g/mol. The van der Waals surface area contributed by atoms with Crippen molar-refractivity contribution in [2.24, 2.45) is 0 Å². The number of rotatable bonds is 8. The second-order valence-corrected chi connectivity index (χ2v) is 9.09. The van der Waals surface area contributed by atoms with E-state index in [2.05, 4.69) is 36.8 Å². The van der Waals surface area contributed by atoms with Crippen LogP contribution < -0.4 is 20.7 Å². The number of nitrogen functional groups attached to an aromatic ring is 1. The Kier molecular flexibility index (Phi) is 7.20. The van der Waals surface area contributed by atoms with Crippen LogP contribution in [0.3, 0.4) is 0 Å². The summed E-state index contributed by atoms with van der Waals surface area (Å²) in [6, 6.07) is 15.8. The molecule has 10 nitrogen and oxygen atoms in total. The minimum Gasteiger partial charge on any atom is -0.494 e. The van der Waals surface area contributed by atoms with E-state index in [1.165, 1.54) is 0 Å². The fourth-order valence-electron chi connectivity index (χ4n) is 4.36. The summed E-state index contributed by atoms with van der Waals surface area (Å²) in [6.07, 6.45) is 3.73. The van der Waals surface area contributed by atoms with E-state index >= 15 is 0 Å². The highest BCUT2D eigenvalue weighted by molar-refractivity contribution is 5.79. The zero-order valence-corrected chi connectivity index (χ0v) is 21.4. The Morgan fingerprint density at radius 3 is 2.57 bits per heavy atom. The summed E-state index contributed by atoms with van der Waals surface area (Å²) in [7, 11) is 5.69. The van der Waals surface area contributed by atoms with E-state index in [1.807, 2.05) is 56.7 Å². The molecule has 1 aliphatic rings. The number of anilines is 4. The lowest BCUT2D eigenvalue weighted by molar-refractivity contribution is 0.123. The van der Waals surface area contributed by atoms with Crippen LogP contribution in [0.5, 0.6) is 5.75 Å². The standard InChI is InChI=1S/C27H32N8O2/c1-33(2)18-26-30-23(17-35(26)19-7-5-4-6-8-19)21-9-10-29-27(31-21)32-22-15-20(28)24(16-25(22)36-3)34-11-13-37-14-12-34/h4-10,15-17H,11-14,18,28H2,1-3H3,(H,29,31,32). The van der Waals surface area contributed by atoms with Gasteiger partial charge in [-0.3, -0.25) is 0 Å². The molecule has 1 fully saturated rings. The molecule has 0 atom stereocenters. The van der Waals surface area contributed by atoms with Crippen molar-refractivity contribution in [2.75, 3.05) is 63.5 Å². The molecule has 5 rings (SSSR count). The predicted molar refractivity (Wildman–Crippen MR) is 146 cm³/mol. The maximum absolute atomic E-state index is 6.43. The highest BCUT2D eigenvalue weighted by Gasteiger charge is 2.18. The molecule has 3 N–H and O–H groups in total. The Hall–Kier alpha value is -4.15. The van der Waals surface area contributed by atoms with Crippen molar-refractivity contribution >= 4 is 23.0 Å². The fourth-order valence-corrected chi connectivity index (χ4v) is 4.36. The molecular formula is C27H32N8O2. The molecule has 1 saturated heterocycles. The molecule has 10 heteroatoms. The van der Waals surface area contributed by atoms with Crippen molar-refractivity contribution in [2.45, 2.75) is 6.54 Å². The maximum atomic E-state index is 6.43. The molecule has 0 radical (unpaired) electrons. The van der Waals surface area contributed by atoms with Crippen LogP contribution in [0.15, 0.2) is 60.9 Å². The lowest BCUT2D eigenvalue weighted by Crippen LogP contribution is -2.36. The monoisotopic (exact) mass is 500 g/mol. The van der Waals surface area contributed by atoms with Gasteiger partial charge in [0.2, 0.25) is 5.95 Å². The fraction of sp³-hybridized carbons (Fsp3) is 0.296. The molecule has 0 bridgehead atoms. The predicted octanol–water partition coefficient (Wildman–Crippen LogP) is 3.56. The summed E-state index contributed by atoms with van der Waals surface area (Å²) in [5.74, 6) is 2.01. The SMILES string of the molecule is COc1cc(N2CCOCC2)c(N)cc1Nc1nccc(-c2cn(-c3ccccc3)c(CN(C)C)n2)n1. The van der Waals surface area contributed by atoms with E-state index < -0.39 is 0 Å². The van der Waals surface area contributed by atoms with Crippen LogP contribution in [0, 0.1) is 0 Å². The van der Waals surface area contributed by atoms with Gasteiger partial charge >= 0.3 is 0 Å². The molecule has 2 aromatic heterocycles. The molecule has 192 valence electrons. The summed E-state index contributed by atoms with van der Waals surface area (Å²) in [5, 5.41) is 3.28. The van der Waals surface area contributed by atoms with Crippen molar-refractivity contribution in [1.82, 2.24) is 24.4 Å². The van der Waals surface area contributed by atoms with Gasteiger partial charge in [-0.1, -0.05) is 18.2 Å². The number of nitrogens with two attached hydrogens (primary N) is 1. The van der Waals surface area contributed by atoms with Crippen LogP contribution in [0.25, 0.3) is 17.1 Å². The smallest absolute Gasteiger partial charge is 0.227 e. The van der Waals surface area contributed by atoms with Gasteiger partial charge in [-0.25, -0.2) is 15.0 Å². The van der Waals surface area contributed by atoms with Gasteiger partial charge in [0.1, 0.15) is 17.3 Å². The number of methoxy groups -OCH3 is 1. The molecule has 3 heterocycles. The van der Waals surface area contributed by atoms with Crippen molar-refractivity contribution in [3.8, 4) is 22.8 Å². The van der Waals surface area contributed by atoms with Gasteiger partial charge in [-0.2, -0.15) is 0 Å². The summed E-state index contributed by atoms with van der Waals surface area (Å²) >= 11 is 0. The van der Waals surface area contributed by atoms with E-state index in [0.29, 0.717) is 48.5 Å². The lowest BCUT2D eigenvalue weighted by atomic mass is 10.2. The van der Waals surface area contributed by atoms with E-state index in [-0.39, 0.29) is 0 Å². The lowest BCUT2D eigenvalue weighted by Gasteiger charge is -2.30. The summed E-state index contributed by atoms with van der Waals surface area (Å²) in [4.78, 5) is 18.4. The first kappa shape index (κ1) is 24.5. The van der Waals surface area contributed by atoms with Crippen molar-refractivity contribution in [3.63, 3.8) is 0 Å². The number of hydrogen-bond donors (Lipinski definition) is 2. The summed E-state index contributed by atoms with van der Waals surface area (Å²) in [5.41, 5.74) is 11.2. The normalized spacial score (nSPS) is 13.7. The third kappa shape index (κ3) is 5.50. The Balaban J connectivity index is 1.44. The number of morpholine rings is 1. The molecule has 1 aliphatic heterocycles. The number of nitrogens with one attached hydrogen (secondary N) is 1. The van der Waals surface area contributed by atoms with Gasteiger partial charge in [-0.05, 0) is 38.4 Å². The zero-order chi connectivity index (χ0) is 25.8. The van der Waals surface area contributed by atoms with Gasteiger partial charge in [0.15, 0.2) is 0 Å². The minimum atomic E-state index is 0.428. The van der Waals surface area contributed by atoms with Crippen LogP contribution in [-0.4, -0.2) is 71.9 Å². The number of ether oxygens (including phenoxy) is 2. The first-order chi connectivity index (χ1) is 18.0. The number of benzene rings is 2. The first-order valence-corrected chi connectivity index (χ1v) is 12.2. The molecule has 0 amide bonds. The third-order valence-corrected chi connectivity index (χ3v) is 6.14. The molecule has 0 unspecified atom stereocenters. The number of aromatic nitrogens is 4. The molecular weight excluding hydrogens is 468 g/mol.